The summed E-state index contributed by atoms with van der Waals surface area (Å²) in [6.45, 7) is 3.58. The number of carbonyl (C=O) groups is 1. The number of fused-ring (bicyclic) bond motifs is 1. The second kappa shape index (κ2) is 7.53. The van der Waals surface area contributed by atoms with Crippen molar-refractivity contribution in [3.05, 3.63) is 53.7 Å². The van der Waals surface area contributed by atoms with Crippen LogP contribution in [0.2, 0.25) is 0 Å². The summed E-state index contributed by atoms with van der Waals surface area (Å²) in [5, 5.41) is 9.28. The number of nitrogens with zero attached hydrogens (tertiary/aromatic N) is 5. The third-order valence-corrected chi connectivity index (χ3v) is 6.40. The molecule has 7 nitrogen and oxygen atoms in total. The van der Waals surface area contributed by atoms with Gasteiger partial charge < -0.3 is 10.2 Å². The highest BCUT2D eigenvalue weighted by Crippen LogP contribution is 2.30. The van der Waals surface area contributed by atoms with E-state index in [2.05, 4.69) is 45.8 Å². The van der Waals surface area contributed by atoms with Crippen molar-refractivity contribution < 1.29 is 4.79 Å². The van der Waals surface area contributed by atoms with Gasteiger partial charge in [-0.05, 0) is 48.6 Å². The van der Waals surface area contributed by atoms with E-state index in [9.17, 15) is 4.79 Å². The maximum absolute atomic E-state index is 12.0. The fourth-order valence-electron chi connectivity index (χ4n) is 3.95. The molecule has 5 rings (SSSR count). The molecule has 1 unspecified atom stereocenters. The lowest BCUT2D eigenvalue weighted by Crippen LogP contribution is -2.30. The SMILES string of the molecule is CNC(=O)C1CCN(c2cc(C)cc(-c3cnn4ccc(-c5cccs5)nc34)n2)C1. The minimum atomic E-state index is 0.00719. The molecule has 0 aliphatic carbocycles. The van der Waals surface area contributed by atoms with Gasteiger partial charge in [0.1, 0.15) is 5.82 Å². The number of nitrogens with one attached hydrogen (secondary N) is 1. The Labute approximate surface area is 178 Å². The summed E-state index contributed by atoms with van der Waals surface area (Å²) in [5.41, 5.74) is 4.58. The number of thiophene rings is 1. The molecule has 0 saturated carbocycles. The van der Waals surface area contributed by atoms with Crippen LogP contribution in [0, 0.1) is 12.8 Å². The van der Waals surface area contributed by atoms with Crippen molar-refractivity contribution in [3.8, 4) is 21.8 Å². The van der Waals surface area contributed by atoms with E-state index < -0.39 is 0 Å². The zero-order chi connectivity index (χ0) is 20.7. The monoisotopic (exact) mass is 418 g/mol. The number of aryl methyl sites for hydroxylation is 1. The van der Waals surface area contributed by atoms with E-state index >= 15 is 0 Å². The first kappa shape index (κ1) is 18.7. The summed E-state index contributed by atoms with van der Waals surface area (Å²) in [6.07, 6.45) is 4.60. The lowest BCUT2D eigenvalue weighted by molar-refractivity contribution is -0.123. The molecule has 5 heterocycles. The average molecular weight is 419 g/mol. The number of hydrogen-bond acceptors (Lipinski definition) is 6. The third kappa shape index (κ3) is 3.33. The number of amides is 1. The van der Waals surface area contributed by atoms with Crippen LogP contribution in [0.3, 0.4) is 0 Å². The normalized spacial score (nSPS) is 16.3. The highest BCUT2D eigenvalue weighted by atomic mass is 32.1. The van der Waals surface area contributed by atoms with E-state index in [0.717, 1.165) is 51.8 Å². The van der Waals surface area contributed by atoms with Crippen LogP contribution in [0.15, 0.2) is 48.1 Å². The highest BCUT2D eigenvalue weighted by Gasteiger charge is 2.28. The standard InChI is InChI=1S/C22H22N6OS/c1-14-10-18(25-20(11-14)27-7-5-15(13-27)22(29)23-2)16-12-24-28-8-6-17(26-21(16)28)19-4-3-9-30-19/h3-4,6,8-12,15H,5,7,13H2,1-2H3,(H,23,29). The Morgan fingerprint density at radius 1 is 1.23 bits per heavy atom. The fraction of sp³-hybridized carbons (Fsp3) is 0.273. The minimum Gasteiger partial charge on any atom is -0.359 e. The Balaban J connectivity index is 1.53. The molecule has 0 spiro atoms. The van der Waals surface area contributed by atoms with Crippen LogP contribution in [0.25, 0.3) is 27.5 Å². The molecule has 30 heavy (non-hydrogen) atoms. The summed E-state index contributed by atoms with van der Waals surface area (Å²) < 4.78 is 1.79. The Morgan fingerprint density at radius 2 is 2.13 bits per heavy atom. The second-order valence-corrected chi connectivity index (χ2v) is 8.50. The van der Waals surface area contributed by atoms with E-state index in [0.29, 0.717) is 6.54 Å². The molecular formula is C22H22N6OS. The van der Waals surface area contributed by atoms with Gasteiger partial charge in [-0.3, -0.25) is 4.79 Å². The molecule has 4 aromatic heterocycles. The van der Waals surface area contributed by atoms with Crippen LogP contribution < -0.4 is 10.2 Å². The van der Waals surface area contributed by atoms with Crippen molar-refractivity contribution in [2.45, 2.75) is 13.3 Å². The highest BCUT2D eigenvalue weighted by molar-refractivity contribution is 7.13. The van der Waals surface area contributed by atoms with Crippen LogP contribution in [-0.4, -0.2) is 45.6 Å². The average Bonchev–Trinajstić information content (AvgIpc) is 3.52. The largest absolute Gasteiger partial charge is 0.359 e. The Kier molecular flexibility index (Phi) is 4.71. The molecular weight excluding hydrogens is 396 g/mol. The number of rotatable bonds is 4. The first-order valence-electron chi connectivity index (χ1n) is 9.96. The molecule has 4 aromatic rings. The first-order chi connectivity index (χ1) is 14.6. The van der Waals surface area contributed by atoms with Gasteiger partial charge in [-0.2, -0.15) is 5.10 Å². The van der Waals surface area contributed by atoms with E-state index in [1.165, 1.54) is 0 Å². The number of hydrogen-bond donors (Lipinski definition) is 1. The summed E-state index contributed by atoms with van der Waals surface area (Å²) in [5.74, 6) is 0.997. The molecule has 0 bridgehead atoms. The molecule has 152 valence electrons. The summed E-state index contributed by atoms with van der Waals surface area (Å²) in [6, 6.07) is 10.2. The van der Waals surface area contributed by atoms with Crippen molar-refractivity contribution in [1.29, 1.82) is 0 Å². The Morgan fingerprint density at radius 3 is 2.93 bits per heavy atom. The van der Waals surface area contributed by atoms with Crippen LogP contribution in [-0.2, 0) is 4.79 Å². The van der Waals surface area contributed by atoms with Crippen molar-refractivity contribution in [3.63, 3.8) is 0 Å². The van der Waals surface area contributed by atoms with Crippen LogP contribution in [0.5, 0.6) is 0 Å². The van der Waals surface area contributed by atoms with Crippen LogP contribution in [0.1, 0.15) is 12.0 Å². The maximum Gasteiger partial charge on any atom is 0.224 e. The van der Waals surface area contributed by atoms with Crippen molar-refractivity contribution in [2.75, 3.05) is 25.0 Å². The van der Waals surface area contributed by atoms with Gasteiger partial charge in [0.15, 0.2) is 5.65 Å². The number of carbonyl (C=O) groups excluding carboxylic acids is 1. The number of anilines is 1. The van der Waals surface area contributed by atoms with Crippen molar-refractivity contribution in [1.82, 2.24) is 24.9 Å². The molecule has 1 saturated heterocycles. The first-order valence-corrected chi connectivity index (χ1v) is 10.8. The number of aromatic nitrogens is 4. The molecule has 1 N–H and O–H groups in total. The van der Waals surface area contributed by atoms with Gasteiger partial charge in [0, 0.05) is 26.3 Å². The molecule has 1 aliphatic heterocycles. The van der Waals surface area contributed by atoms with Gasteiger partial charge in [-0.25, -0.2) is 14.5 Å². The van der Waals surface area contributed by atoms with E-state index in [4.69, 9.17) is 9.97 Å². The van der Waals surface area contributed by atoms with Crippen molar-refractivity contribution >= 4 is 28.7 Å². The van der Waals surface area contributed by atoms with Crippen LogP contribution >= 0.6 is 11.3 Å². The van der Waals surface area contributed by atoms with Crippen molar-refractivity contribution in [2.24, 2.45) is 5.92 Å². The maximum atomic E-state index is 12.0. The summed E-state index contributed by atoms with van der Waals surface area (Å²) >= 11 is 1.67. The molecule has 0 radical (unpaired) electrons. The molecule has 1 amide bonds. The smallest absolute Gasteiger partial charge is 0.224 e. The quantitative estimate of drug-likeness (QED) is 0.550. The predicted octanol–water partition coefficient (Wildman–Crippen LogP) is 3.40. The second-order valence-electron chi connectivity index (χ2n) is 7.55. The fourth-order valence-corrected chi connectivity index (χ4v) is 4.64. The van der Waals surface area contributed by atoms with Gasteiger partial charge in [-0.15, -0.1) is 11.3 Å². The predicted molar refractivity (Wildman–Crippen MR) is 119 cm³/mol. The van der Waals surface area contributed by atoms with Gasteiger partial charge in [0.05, 0.1) is 33.9 Å². The van der Waals surface area contributed by atoms with E-state index in [1.54, 1.807) is 22.9 Å². The Bertz CT molecular complexity index is 1220. The Hall–Kier alpha value is -3.26. The molecule has 1 aliphatic rings. The van der Waals surface area contributed by atoms with Crippen LogP contribution in [0.4, 0.5) is 5.82 Å². The van der Waals surface area contributed by atoms with Gasteiger partial charge in [0.25, 0.3) is 0 Å². The van der Waals surface area contributed by atoms with E-state index in [-0.39, 0.29) is 11.8 Å². The van der Waals surface area contributed by atoms with E-state index in [1.807, 2.05) is 24.5 Å². The molecule has 0 aromatic carbocycles. The summed E-state index contributed by atoms with van der Waals surface area (Å²) in [7, 11) is 1.69. The third-order valence-electron chi connectivity index (χ3n) is 5.50. The lowest BCUT2D eigenvalue weighted by atomic mass is 10.1. The minimum absolute atomic E-state index is 0.00719. The van der Waals surface area contributed by atoms with Gasteiger partial charge >= 0.3 is 0 Å². The zero-order valence-electron chi connectivity index (χ0n) is 16.9. The van der Waals surface area contributed by atoms with Gasteiger partial charge in [0.2, 0.25) is 5.91 Å². The molecule has 1 atom stereocenters. The zero-order valence-corrected chi connectivity index (χ0v) is 17.7. The topological polar surface area (TPSA) is 75.4 Å². The lowest BCUT2D eigenvalue weighted by Gasteiger charge is -2.18. The number of pyridine rings is 1. The van der Waals surface area contributed by atoms with Gasteiger partial charge in [-0.1, -0.05) is 6.07 Å². The molecule has 8 heteroatoms. The molecule has 1 fully saturated rings. The summed E-state index contributed by atoms with van der Waals surface area (Å²) in [4.78, 5) is 25.1.